The van der Waals surface area contributed by atoms with E-state index in [-0.39, 0.29) is 5.91 Å². The molecule has 1 N–H and O–H groups in total. The number of rotatable bonds is 7. The molecule has 1 unspecified atom stereocenters. The second-order valence-corrected chi connectivity index (χ2v) is 10.3. The summed E-state index contributed by atoms with van der Waals surface area (Å²) in [5.41, 5.74) is 1.02. The molecule has 0 spiro atoms. The van der Waals surface area contributed by atoms with Crippen LogP contribution in [0.2, 0.25) is 10.0 Å². The monoisotopic (exact) mass is 488 g/mol. The number of piperidine rings is 1. The number of amides is 1. The fraction of sp³-hybridized carbons (Fsp3) is 0.519. The van der Waals surface area contributed by atoms with E-state index in [1.54, 1.807) is 6.07 Å². The van der Waals surface area contributed by atoms with Crippen LogP contribution in [0.4, 0.5) is 5.69 Å². The molecule has 4 rings (SSSR count). The van der Waals surface area contributed by atoms with E-state index in [1.807, 2.05) is 36.4 Å². The molecule has 0 aromatic heterocycles. The van der Waals surface area contributed by atoms with Gasteiger partial charge in [0.2, 0.25) is 5.91 Å². The van der Waals surface area contributed by atoms with Gasteiger partial charge < -0.3 is 10.1 Å². The highest BCUT2D eigenvalue weighted by molar-refractivity contribution is 6.35. The van der Waals surface area contributed by atoms with E-state index in [4.69, 9.17) is 27.9 Å². The molecular formula is C27H34Cl2N2O2. The third-order valence-electron chi connectivity index (χ3n) is 7.29. The average molecular weight is 489 g/mol. The lowest BCUT2D eigenvalue weighted by atomic mass is 9.68. The van der Waals surface area contributed by atoms with E-state index in [9.17, 15) is 4.79 Å². The number of halogens is 2. The van der Waals surface area contributed by atoms with Gasteiger partial charge in [0, 0.05) is 28.3 Å². The molecule has 1 saturated heterocycles. The Morgan fingerprint density at radius 1 is 1.06 bits per heavy atom. The Labute approximate surface area is 207 Å². The molecule has 4 nitrogen and oxygen atoms in total. The van der Waals surface area contributed by atoms with Gasteiger partial charge in [0.1, 0.15) is 12.4 Å². The van der Waals surface area contributed by atoms with Crippen molar-refractivity contribution in [3.05, 3.63) is 58.1 Å². The largest absolute Gasteiger partial charge is 0.492 e. The normalized spacial score (nSPS) is 20.9. The highest BCUT2D eigenvalue weighted by atomic mass is 35.5. The zero-order chi connectivity index (χ0) is 23.3. The number of anilines is 1. The van der Waals surface area contributed by atoms with Crippen LogP contribution in [0.5, 0.6) is 5.75 Å². The number of benzene rings is 2. The first kappa shape index (κ1) is 24.4. The Hall–Kier alpha value is -1.75. The minimum atomic E-state index is -0.625. The Kier molecular flexibility index (Phi) is 8.21. The molecule has 1 atom stereocenters. The average Bonchev–Trinajstić information content (AvgIpc) is 2.82. The van der Waals surface area contributed by atoms with Crippen LogP contribution in [-0.2, 0) is 10.2 Å². The van der Waals surface area contributed by atoms with Gasteiger partial charge in [-0.15, -0.1) is 0 Å². The lowest BCUT2D eigenvalue weighted by molar-refractivity contribution is -0.122. The van der Waals surface area contributed by atoms with E-state index >= 15 is 0 Å². The zero-order valence-electron chi connectivity index (χ0n) is 19.4. The van der Waals surface area contributed by atoms with Crippen molar-refractivity contribution in [3.8, 4) is 5.75 Å². The second kappa shape index (κ2) is 11.1. The van der Waals surface area contributed by atoms with Gasteiger partial charge in [0.25, 0.3) is 0 Å². The van der Waals surface area contributed by atoms with E-state index in [0.29, 0.717) is 22.7 Å². The SMILES string of the molecule is CC1CCCCN1CCOc1ccc(NC(=O)C2(c3ccc(Cl)cc3Cl)CCCCC2)cc1. The third-order valence-corrected chi connectivity index (χ3v) is 7.84. The molecule has 2 aliphatic rings. The second-order valence-electron chi connectivity index (χ2n) is 9.47. The number of carbonyl (C=O) groups excluding carboxylic acids is 1. The maximum Gasteiger partial charge on any atom is 0.235 e. The summed E-state index contributed by atoms with van der Waals surface area (Å²) in [6.07, 6.45) is 8.62. The molecule has 2 aromatic rings. The number of likely N-dealkylation sites (tertiary alicyclic amines) is 1. The van der Waals surface area contributed by atoms with Crippen LogP contribution >= 0.6 is 23.2 Å². The third kappa shape index (κ3) is 5.85. The van der Waals surface area contributed by atoms with Crippen LogP contribution < -0.4 is 10.1 Å². The molecule has 6 heteroatoms. The molecule has 1 aliphatic heterocycles. The summed E-state index contributed by atoms with van der Waals surface area (Å²) in [4.78, 5) is 16.1. The predicted molar refractivity (Wildman–Crippen MR) is 137 cm³/mol. The van der Waals surface area contributed by atoms with Gasteiger partial charge in [0.05, 0.1) is 5.41 Å². The highest BCUT2D eigenvalue weighted by Crippen LogP contribution is 2.44. The van der Waals surface area contributed by atoms with Crippen molar-refractivity contribution in [1.29, 1.82) is 0 Å². The van der Waals surface area contributed by atoms with Crippen molar-refractivity contribution in [2.24, 2.45) is 0 Å². The Morgan fingerprint density at radius 3 is 2.52 bits per heavy atom. The van der Waals surface area contributed by atoms with Gasteiger partial charge in [-0.25, -0.2) is 0 Å². The fourth-order valence-corrected chi connectivity index (χ4v) is 5.90. The first-order valence-electron chi connectivity index (χ1n) is 12.2. The number of hydrogen-bond acceptors (Lipinski definition) is 3. The van der Waals surface area contributed by atoms with Gasteiger partial charge in [-0.05, 0) is 81.1 Å². The van der Waals surface area contributed by atoms with Crippen molar-refractivity contribution in [2.45, 2.75) is 69.7 Å². The molecule has 2 fully saturated rings. The summed E-state index contributed by atoms with van der Waals surface area (Å²) in [7, 11) is 0. The predicted octanol–water partition coefficient (Wildman–Crippen LogP) is 7.09. The van der Waals surface area contributed by atoms with Gasteiger partial charge in [-0.2, -0.15) is 0 Å². The summed E-state index contributed by atoms with van der Waals surface area (Å²) in [6.45, 7) is 5.08. The Morgan fingerprint density at radius 2 is 1.82 bits per heavy atom. The van der Waals surface area contributed by atoms with Crippen molar-refractivity contribution < 1.29 is 9.53 Å². The summed E-state index contributed by atoms with van der Waals surface area (Å²) in [6, 6.07) is 13.8. The van der Waals surface area contributed by atoms with Crippen molar-refractivity contribution in [3.63, 3.8) is 0 Å². The summed E-state index contributed by atoms with van der Waals surface area (Å²) < 4.78 is 5.97. The lowest BCUT2D eigenvalue weighted by Gasteiger charge is -2.37. The van der Waals surface area contributed by atoms with Crippen LogP contribution in [0.1, 0.15) is 63.9 Å². The standard InChI is InChI=1S/C27H34Cl2N2O2/c1-20-7-3-6-16-31(20)17-18-33-23-11-9-22(10-12-23)30-26(32)27(14-4-2-5-15-27)24-13-8-21(28)19-25(24)29/h8-13,19-20H,2-7,14-18H2,1H3,(H,30,32). The minimum absolute atomic E-state index is 0.000762. The van der Waals surface area contributed by atoms with Crippen LogP contribution in [-0.4, -0.2) is 36.5 Å². The molecule has 1 amide bonds. The first-order valence-corrected chi connectivity index (χ1v) is 13.0. The van der Waals surface area contributed by atoms with Crippen LogP contribution in [0, 0.1) is 0 Å². The van der Waals surface area contributed by atoms with E-state index < -0.39 is 5.41 Å². The maximum absolute atomic E-state index is 13.6. The number of ether oxygens (including phenoxy) is 1. The smallest absolute Gasteiger partial charge is 0.235 e. The Bertz CT molecular complexity index is 942. The number of nitrogens with one attached hydrogen (secondary N) is 1. The van der Waals surface area contributed by atoms with Crippen molar-refractivity contribution >= 4 is 34.8 Å². The summed E-state index contributed by atoms with van der Waals surface area (Å²) >= 11 is 12.7. The number of carbonyl (C=O) groups is 1. The molecule has 1 aliphatic carbocycles. The number of nitrogens with zero attached hydrogens (tertiary/aromatic N) is 1. The molecule has 2 aromatic carbocycles. The van der Waals surface area contributed by atoms with E-state index in [0.717, 1.165) is 62.2 Å². The lowest BCUT2D eigenvalue weighted by Crippen LogP contribution is -2.42. The van der Waals surface area contributed by atoms with Gasteiger partial charge >= 0.3 is 0 Å². The maximum atomic E-state index is 13.6. The highest BCUT2D eigenvalue weighted by Gasteiger charge is 2.42. The minimum Gasteiger partial charge on any atom is -0.492 e. The number of hydrogen-bond donors (Lipinski definition) is 1. The topological polar surface area (TPSA) is 41.6 Å². The fourth-order valence-electron chi connectivity index (χ4n) is 5.31. The summed E-state index contributed by atoms with van der Waals surface area (Å²) in [5, 5.41) is 4.28. The van der Waals surface area contributed by atoms with E-state index in [2.05, 4.69) is 17.1 Å². The van der Waals surface area contributed by atoms with Gasteiger partial charge in [0.15, 0.2) is 0 Å². The molecule has 0 radical (unpaired) electrons. The van der Waals surface area contributed by atoms with Crippen molar-refractivity contribution in [1.82, 2.24) is 4.90 Å². The quantitative estimate of drug-likeness (QED) is 0.452. The molecular weight excluding hydrogens is 455 g/mol. The molecule has 178 valence electrons. The van der Waals surface area contributed by atoms with Crippen LogP contribution in [0.25, 0.3) is 0 Å². The molecule has 0 bridgehead atoms. The van der Waals surface area contributed by atoms with Gasteiger partial charge in [-0.3, -0.25) is 9.69 Å². The molecule has 33 heavy (non-hydrogen) atoms. The first-order chi connectivity index (χ1) is 16.0. The van der Waals surface area contributed by atoms with Crippen LogP contribution in [0.15, 0.2) is 42.5 Å². The van der Waals surface area contributed by atoms with E-state index in [1.165, 1.54) is 19.3 Å². The van der Waals surface area contributed by atoms with Crippen LogP contribution in [0.3, 0.4) is 0 Å². The summed E-state index contributed by atoms with van der Waals surface area (Å²) in [5.74, 6) is 0.824. The zero-order valence-corrected chi connectivity index (χ0v) is 20.9. The Balaban J connectivity index is 1.39. The van der Waals surface area contributed by atoms with Gasteiger partial charge in [-0.1, -0.05) is 55.0 Å². The molecule has 1 heterocycles. The molecule has 1 saturated carbocycles. The van der Waals surface area contributed by atoms with Crippen molar-refractivity contribution in [2.75, 3.05) is 25.0 Å².